The van der Waals surface area contributed by atoms with Gasteiger partial charge in [-0.1, -0.05) is 78.9 Å². The number of carbonyl (C=O) groups is 1. The Balaban J connectivity index is 0.000000493. The fourth-order valence-corrected chi connectivity index (χ4v) is 3.91. The van der Waals surface area contributed by atoms with E-state index >= 15 is 0 Å². The van der Waals surface area contributed by atoms with Crippen molar-refractivity contribution in [2.75, 3.05) is 0 Å². The first-order chi connectivity index (χ1) is 19.4. The van der Waals surface area contributed by atoms with Crippen molar-refractivity contribution in [2.24, 2.45) is 0 Å². The molecule has 0 radical (unpaired) electrons. The number of hydrogen-bond acceptors (Lipinski definition) is 3. The van der Waals surface area contributed by atoms with Crippen LogP contribution in [0.5, 0.6) is 0 Å². The molecule has 5 nitrogen and oxygen atoms in total. The van der Waals surface area contributed by atoms with Crippen LogP contribution >= 0.6 is 0 Å². The molecule has 0 saturated carbocycles. The highest BCUT2D eigenvalue weighted by Gasteiger charge is 2.38. The summed E-state index contributed by atoms with van der Waals surface area (Å²) in [6.45, 7) is 1.61. The molecule has 0 unspecified atom stereocenters. The number of aliphatic carboxylic acids is 1. The zero-order valence-electron chi connectivity index (χ0n) is 21.2. The molecule has 0 aliphatic rings. The molecule has 5 rings (SSSR count). The number of rotatable bonds is 6. The molecule has 0 bridgehead atoms. The zero-order chi connectivity index (χ0) is 29.6. The standard InChI is InChI=1S/C28H22F3N3.C2HF3O2/c29-28(30,31)24-14-15-25-26(16-24)34-27(33-25)23-12-10-22(11-13-23)21-8-6-20(7-9-21)18-32-17-19-4-2-1-3-5-19;3-2(4,5)1(6)7/h1-16,32H,17-18H2,(H,33,34);(H,6,7). The van der Waals surface area contributed by atoms with Crippen LogP contribution in [-0.4, -0.2) is 27.2 Å². The normalized spacial score (nSPS) is 11.7. The Morgan fingerprint density at radius 3 is 1.78 bits per heavy atom. The van der Waals surface area contributed by atoms with Crippen molar-refractivity contribution in [3.63, 3.8) is 0 Å². The number of benzene rings is 4. The first-order valence-electron chi connectivity index (χ1n) is 12.2. The number of alkyl halides is 6. The van der Waals surface area contributed by atoms with Gasteiger partial charge in [-0.15, -0.1) is 0 Å². The molecule has 11 heteroatoms. The van der Waals surface area contributed by atoms with Gasteiger partial charge < -0.3 is 15.4 Å². The number of H-pyrrole nitrogens is 1. The summed E-state index contributed by atoms with van der Waals surface area (Å²) in [6, 6.07) is 30.1. The molecule has 0 spiro atoms. The largest absolute Gasteiger partial charge is 0.490 e. The molecule has 0 fully saturated rings. The highest BCUT2D eigenvalue weighted by atomic mass is 19.4. The molecule has 0 aliphatic heterocycles. The average molecular weight is 572 g/mol. The van der Waals surface area contributed by atoms with Crippen LogP contribution in [0.25, 0.3) is 33.5 Å². The van der Waals surface area contributed by atoms with Crippen molar-refractivity contribution in [1.82, 2.24) is 15.3 Å². The predicted octanol–water partition coefficient (Wildman–Crippen LogP) is 7.84. The first kappa shape index (κ1) is 29.3. The number of imidazole rings is 1. The van der Waals surface area contributed by atoms with E-state index in [9.17, 15) is 26.3 Å². The molecule has 3 N–H and O–H groups in total. The summed E-state index contributed by atoms with van der Waals surface area (Å²) in [5, 5.41) is 10.6. The lowest BCUT2D eigenvalue weighted by Gasteiger charge is -2.07. The number of nitrogens with zero attached hydrogens (tertiary/aromatic N) is 1. The van der Waals surface area contributed by atoms with Crippen LogP contribution in [0.2, 0.25) is 0 Å². The van der Waals surface area contributed by atoms with Crippen molar-refractivity contribution in [1.29, 1.82) is 0 Å². The van der Waals surface area contributed by atoms with Gasteiger partial charge in [0.15, 0.2) is 0 Å². The molecular formula is C30H23F6N3O2. The zero-order valence-corrected chi connectivity index (χ0v) is 21.2. The fourth-order valence-electron chi connectivity index (χ4n) is 3.91. The van der Waals surface area contributed by atoms with Crippen molar-refractivity contribution >= 4 is 17.0 Å². The van der Waals surface area contributed by atoms with E-state index in [0.29, 0.717) is 16.9 Å². The third-order valence-electron chi connectivity index (χ3n) is 6.00. The van der Waals surface area contributed by atoms with E-state index in [1.165, 1.54) is 17.2 Å². The number of nitrogens with one attached hydrogen (secondary N) is 2. The van der Waals surface area contributed by atoms with Crippen molar-refractivity contribution in [3.8, 4) is 22.5 Å². The summed E-state index contributed by atoms with van der Waals surface area (Å²) in [4.78, 5) is 16.3. The Morgan fingerprint density at radius 1 is 0.732 bits per heavy atom. The van der Waals surface area contributed by atoms with Crippen LogP contribution in [0, 0.1) is 0 Å². The lowest BCUT2D eigenvalue weighted by molar-refractivity contribution is -0.192. The Hall–Kier alpha value is -4.64. The molecule has 1 heterocycles. The summed E-state index contributed by atoms with van der Waals surface area (Å²) in [5.74, 6) is -2.21. The molecule has 0 saturated heterocycles. The van der Waals surface area contributed by atoms with Crippen LogP contribution < -0.4 is 5.32 Å². The van der Waals surface area contributed by atoms with Crippen molar-refractivity contribution in [3.05, 3.63) is 114 Å². The number of carboxylic acids is 1. The molecule has 0 aliphatic carbocycles. The summed E-state index contributed by atoms with van der Waals surface area (Å²) in [6.07, 6.45) is -9.46. The second-order valence-electron chi connectivity index (χ2n) is 8.98. The molecule has 1 aromatic heterocycles. The summed E-state index contributed by atoms with van der Waals surface area (Å²) in [7, 11) is 0. The van der Waals surface area contributed by atoms with Crippen LogP contribution in [-0.2, 0) is 24.1 Å². The maximum atomic E-state index is 13.0. The second-order valence-corrected chi connectivity index (χ2v) is 8.98. The number of halogens is 6. The Morgan fingerprint density at radius 2 is 1.24 bits per heavy atom. The van der Waals surface area contributed by atoms with Gasteiger partial charge in [0.1, 0.15) is 5.82 Å². The minimum Gasteiger partial charge on any atom is -0.475 e. The van der Waals surface area contributed by atoms with E-state index in [1.54, 1.807) is 0 Å². The maximum absolute atomic E-state index is 13.0. The van der Waals surface area contributed by atoms with Crippen LogP contribution in [0.3, 0.4) is 0 Å². The van der Waals surface area contributed by atoms with Gasteiger partial charge in [0.05, 0.1) is 16.6 Å². The maximum Gasteiger partial charge on any atom is 0.490 e. The van der Waals surface area contributed by atoms with Gasteiger partial charge in [0, 0.05) is 18.7 Å². The summed E-state index contributed by atoms with van der Waals surface area (Å²) >= 11 is 0. The van der Waals surface area contributed by atoms with E-state index in [2.05, 4.69) is 51.7 Å². The molecule has 5 aromatic rings. The van der Waals surface area contributed by atoms with Crippen molar-refractivity contribution < 1.29 is 36.2 Å². The van der Waals surface area contributed by atoms with Gasteiger partial charge in [-0.25, -0.2) is 9.78 Å². The van der Waals surface area contributed by atoms with Gasteiger partial charge in [0.25, 0.3) is 0 Å². The molecule has 4 aromatic carbocycles. The first-order valence-corrected chi connectivity index (χ1v) is 12.2. The van der Waals surface area contributed by atoms with Crippen LogP contribution in [0.15, 0.2) is 97.1 Å². The number of carboxylic acid groups (broad SMARTS) is 1. The highest BCUT2D eigenvalue weighted by Crippen LogP contribution is 2.32. The minimum absolute atomic E-state index is 0.366. The van der Waals surface area contributed by atoms with Gasteiger partial charge in [-0.2, -0.15) is 26.3 Å². The van der Waals surface area contributed by atoms with E-state index in [0.717, 1.165) is 41.9 Å². The number of fused-ring (bicyclic) bond motifs is 1. The van der Waals surface area contributed by atoms with Crippen molar-refractivity contribution in [2.45, 2.75) is 25.4 Å². The average Bonchev–Trinajstić information content (AvgIpc) is 3.37. The van der Waals surface area contributed by atoms with E-state index in [4.69, 9.17) is 9.90 Å². The SMILES string of the molecule is FC(F)(F)c1ccc2nc(-c3ccc(-c4ccc(CNCc5ccccc5)cc4)cc3)[nH]c2c1.O=C(O)C(F)(F)F. The highest BCUT2D eigenvalue weighted by molar-refractivity contribution is 5.80. The van der Waals surface area contributed by atoms with Gasteiger partial charge in [-0.05, 0) is 40.5 Å². The predicted molar refractivity (Wildman–Crippen MR) is 143 cm³/mol. The Bertz CT molecular complexity index is 1590. The topological polar surface area (TPSA) is 78.0 Å². The van der Waals surface area contributed by atoms with E-state index < -0.39 is 23.9 Å². The molecule has 0 atom stereocenters. The van der Waals surface area contributed by atoms with Gasteiger partial charge in [0.2, 0.25) is 0 Å². The minimum atomic E-state index is -5.08. The second kappa shape index (κ2) is 12.3. The quantitative estimate of drug-likeness (QED) is 0.182. The van der Waals surface area contributed by atoms with E-state index in [-0.39, 0.29) is 0 Å². The smallest absolute Gasteiger partial charge is 0.475 e. The van der Waals surface area contributed by atoms with Crippen LogP contribution in [0.1, 0.15) is 16.7 Å². The van der Waals surface area contributed by atoms with Crippen LogP contribution in [0.4, 0.5) is 26.3 Å². The van der Waals surface area contributed by atoms with Gasteiger partial charge in [-0.3, -0.25) is 0 Å². The number of hydrogen-bond donors (Lipinski definition) is 3. The molecular weight excluding hydrogens is 548 g/mol. The molecule has 212 valence electrons. The lowest BCUT2D eigenvalue weighted by atomic mass is 10.0. The number of aromatic nitrogens is 2. The van der Waals surface area contributed by atoms with E-state index in [1.807, 2.05) is 42.5 Å². The monoisotopic (exact) mass is 571 g/mol. The summed E-state index contributed by atoms with van der Waals surface area (Å²) < 4.78 is 70.6. The number of aromatic amines is 1. The Kier molecular flexibility index (Phi) is 8.77. The Labute approximate surface area is 230 Å². The molecule has 41 heavy (non-hydrogen) atoms. The molecule has 0 amide bonds. The lowest BCUT2D eigenvalue weighted by Crippen LogP contribution is -2.21. The third-order valence-corrected chi connectivity index (χ3v) is 6.00. The van der Waals surface area contributed by atoms with Gasteiger partial charge >= 0.3 is 18.3 Å². The summed E-state index contributed by atoms with van der Waals surface area (Å²) in [5.41, 5.74) is 5.61. The fraction of sp³-hybridized carbons (Fsp3) is 0.133. The third kappa shape index (κ3) is 7.95.